The Labute approximate surface area is 178 Å². The first-order valence-electron chi connectivity index (χ1n) is 10.8. The van der Waals surface area contributed by atoms with Crippen molar-refractivity contribution in [2.45, 2.75) is 43.9 Å². The molecule has 0 N–H and O–H groups in total. The van der Waals surface area contributed by atoms with Gasteiger partial charge >= 0.3 is 0 Å². The summed E-state index contributed by atoms with van der Waals surface area (Å²) in [4.78, 5) is 21.4. The molecule has 1 aromatic heterocycles. The van der Waals surface area contributed by atoms with E-state index in [1.807, 2.05) is 4.90 Å². The number of hydrogen-bond acceptors (Lipinski definition) is 5. The molecule has 2 aliphatic rings. The maximum atomic E-state index is 12.8. The van der Waals surface area contributed by atoms with Gasteiger partial charge in [-0.2, -0.15) is 0 Å². The van der Waals surface area contributed by atoms with Gasteiger partial charge in [0.2, 0.25) is 5.88 Å². The lowest BCUT2D eigenvalue weighted by Gasteiger charge is -2.48. The summed E-state index contributed by atoms with van der Waals surface area (Å²) in [5, 5.41) is 0. The number of hydrogen-bond donors (Lipinski definition) is 0. The molecule has 2 saturated heterocycles. The molecule has 1 spiro atoms. The zero-order chi connectivity index (χ0) is 21.0. The lowest BCUT2D eigenvalue weighted by Crippen LogP contribution is -2.54. The zero-order valence-corrected chi connectivity index (χ0v) is 17.9. The number of aromatic nitrogens is 1. The molecule has 160 valence electrons. The third-order valence-corrected chi connectivity index (χ3v) is 6.52. The van der Waals surface area contributed by atoms with Crippen molar-refractivity contribution in [2.75, 3.05) is 33.9 Å². The second kappa shape index (κ2) is 9.14. The van der Waals surface area contributed by atoms with Crippen molar-refractivity contribution >= 4 is 5.91 Å². The van der Waals surface area contributed by atoms with Crippen LogP contribution in [-0.2, 0) is 11.3 Å². The molecule has 2 aromatic rings. The smallest absolute Gasteiger partial charge is 0.255 e. The number of carbonyl (C=O) groups excluding carboxylic acids is 1. The Morgan fingerprint density at radius 2 is 2.00 bits per heavy atom. The Hall–Kier alpha value is -2.44. The van der Waals surface area contributed by atoms with Gasteiger partial charge in [0, 0.05) is 44.5 Å². The maximum absolute atomic E-state index is 12.8. The van der Waals surface area contributed by atoms with Gasteiger partial charge in [-0.15, -0.1) is 0 Å². The van der Waals surface area contributed by atoms with Crippen molar-refractivity contribution in [1.82, 2.24) is 14.8 Å². The second-order valence-corrected chi connectivity index (χ2v) is 8.46. The average Bonchev–Trinajstić information content (AvgIpc) is 2.80. The Balaban J connectivity index is 1.34. The van der Waals surface area contributed by atoms with Gasteiger partial charge in [-0.25, -0.2) is 4.98 Å². The van der Waals surface area contributed by atoms with Gasteiger partial charge in [-0.1, -0.05) is 30.3 Å². The zero-order valence-electron chi connectivity index (χ0n) is 17.9. The summed E-state index contributed by atoms with van der Waals surface area (Å²) < 4.78 is 11.4. The Morgan fingerprint density at radius 1 is 1.23 bits per heavy atom. The third-order valence-electron chi connectivity index (χ3n) is 6.52. The fourth-order valence-electron chi connectivity index (χ4n) is 4.65. The summed E-state index contributed by atoms with van der Waals surface area (Å²) in [6.45, 7) is 3.19. The first kappa shape index (κ1) is 20.8. The summed E-state index contributed by atoms with van der Waals surface area (Å²) in [6, 6.07) is 14.6. The van der Waals surface area contributed by atoms with E-state index in [9.17, 15) is 4.79 Å². The molecule has 0 radical (unpaired) electrons. The van der Waals surface area contributed by atoms with E-state index >= 15 is 0 Å². The minimum Gasteiger partial charge on any atom is -0.481 e. The maximum Gasteiger partial charge on any atom is 0.255 e. The molecule has 1 amide bonds. The SMILES string of the molecule is COc1ccc(C(=O)N2CCC3(CC2)CC(N(C)Cc2ccccc2)CCO3)cn1. The second-order valence-electron chi connectivity index (χ2n) is 8.46. The van der Waals surface area contributed by atoms with Crippen molar-refractivity contribution in [3.8, 4) is 5.88 Å². The summed E-state index contributed by atoms with van der Waals surface area (Å²) in [5.74, 6) is 0.555. The number of amides is 1. The van der Waals surface area contributed by atoms with E-state index in [1.54, 1.807) is 25.4 Å². The number of piperidine rings is 1. The molecule has 30 heavy (non-hydrogen) atoms. The Bertz CT molecular complexity index is 833. The molecule has 0 bridgehead atoms. The van der Waals surface area contributed by atoms with E-state index in [0.29, 0.717) is 17.5 Å². The summed E-state index contributed by atoms with van der Waals surface area (Å²) >= 11 is 0. The molecule has 2 fully saturated rings. The van der Waals surface area contributed by atoms with Crippen LogP contribution in [0, 0.1) is 0 Å². The predicted molar refractivity (Wildman–Crippen MR) is 116 cm³/mol. The van der Waals surface area contributed by atoms with Crippen LogP contribution in [0.2, 0.25) is 0 Å². The number of methoxy groups -OCH3 is 1. The fraction of sp³-hybridized carbons (Fsp3) is 0.500. The Morgan fingerprint density at radius 3 is 2.67 bits per heavy atom. The van der Waals surface area contributed by atoms with Crippen LogP contribution >= 0.6 is 0 Å². The molecule has 0 aliphatic carbocycles. The van der Waals surface area contributed by atoms with Gasteiger partial charge in [0.05, 0.1) is 18.3 Å². The number of carbonyl (C=O) groups is 1. The molecule has 6 nitrogen and oxygen atoms in total. The molecular weight excluding hydrogens is 378 g/mol. The van der Waals surface area contributed by atoms with Crippen molar-refractivity contribution in [2.24, 2.45) is 0 Å². The minimum absolute atomic E-state index is 0.0357. The van der Waals surface area contributed by atoms with Gasteiger partial charge in [0.25, 0.3) is 5.91 Å². The van der Waals surface area contributed by atoms with E-state index in [0.717, 1.165) is 51.9 Å². The van der Waals surface area contributed by atoms with Crippen LogP contribution in [0.4, 0.5) is 0 Å². The number of rotatable bonds is 5. The molecule has 3 heterocycles. The van der Waals surface area contributed by atoms with E-state index in [1.165, 1.54) is 5.56 Å². The largest absolute Gasteiger partial charge is 0.481 e. The minimum atomic E-state index is -0.108. The predicted octanol–water partition coefficient (Wildman–Crippen LogP) is 3.38. The number of nitrogens with zero attached hydrogens (tertiary/aromatic N) is 3. The van der Waals surface area contributed by atoms with Crippen LogP contribution in [-0.4, -0.2) is 66.2 Å². The molecular formula is C24H31N3O3. The standard InChI is InChI=1S/C24H31N3O3/c1-26(18-19-6-4-3-5-7-19)21-10-15-30-24(16-21)11-13-27(14-12-24)23(28)20-8-9-22(29-2)25-17-20/h3-9,17,21H,10-16,18H2,1-2H3. The molecule has 4 rings (SSSR count). The van der Waals surface area contributed by atoms with Crippen molar-refractivity contribution in [3.63, 3.8) is 0 Å². The van der Waals surface area contributed by atoms with Crippen molar-refractivity contribution < 1.29 is 14.3 Å². The normalized spacial score (nSPS) is 21.0. The fourth-order valence-corrected chi connectivity index (χ4v) is 4.65. The summed E-state index contributed by atoms with van der Waals surface area (Å²) in [6.07, 6.45) is 5.46. The van der Waals surface area contributed by atoms with Gasteiger partial charge in [-0.05, 0) is 44.4 Å². The third kappa shape index (κ3) is 4.65. The molecule has 6 heteroatoms. The van der Waals surface area contributed by atoms with Crippen LogP contribution in [0.15, 0.2) is 48.7 Å². The van der Waals surface area contributed by atoms with Gasteiger partial charge in [0.15, 0.2) is 0 Å². The summed E-state index contributed by atoms with van der Waals surface area (Å²) in [5.41, 5.74) is 1.84. The number of benzene rings is 1. The summed E-state index contributed by atoms with van der Waals surface area (Å²) in [7, 11) is 3.79. The van der Waals surface area contributed by atoms with Crippen LogP contribution < -0.4 is 4.74 Å². The quantitative estimate of drug-likeness (QED) is 0.758. The van der Waals surface area contributed by atoms with Gasteiger partial charge in [0.1, 0.15) is 0 Å². The lowest BCUT2D eigenvalue weighted by atomic mass is 9.81. The van der Waals surface area contributed by atoms with Gasteiger partial charge < -0.3 is 14.4 Å². The van der Waals surface area contributed by atoms with Crippen LogP contribution in [0.3, 0.4) is 0 Å². The molecule has 1 unspecified atom stereocenters. The highest BCUT2D eigenvalue weighted by atomic mass is 16.5. The molecule has 0 saturated carbocycles. The number of ether oxygens (including phenoxy) is 2. The highest BCUT2D eigenvalue weighted by Crippen LogP contribution is 2.37. The highest BCUT2D eigenvalue weighted by molar-refractivity contribution is 5.94. The molecule has 1 atom stereocenters. The first-order chi connectivity index (χ1) is 14.6. The van der Waals surface area contributed by atoms with E-state index in [4.69, 9.17) is 9.47 Å². The first-order valence-corrected chi connectivity index (χ1v) is 10.8. The average molecular weight is 410 g/mol. The van der Waals surface area contributed by atoms with Crippen molar-refractivity contribution in [3.05, 3.63) is 59.8 Å². The number of pyridine rings is 1. The molecule has 2 aliphatic heterocycles. The van der Waals surface area contributed by atoms with Crippen LogP contribution in [0.1, 0.15) is 41.6 Å². The van der Waals surface area contributed by atoms with E-state index in [-0.39, 0.29) is 11.5 Å². The van der Waals surface area contributed by atoms with Crippen LogP contribution in [0.5, 0.6) is 5.88 Å². The number of likely N-dealkylation sites (tertiary alicyclic amines) is 1. The molecule has 1 aromatic carbocycles. The lowest BCUT2D eigenvalue weighted by molar-refractivity contribution is -0.128. The highest BCUT2D eigenvalue weighted by Gasteiger charge is 2.42. The van der Waals surface area contributed by atoms with E-state index in [2.05, 4.69) is 47.3 Å². The Kier molecular flexibility index (Phi) is 6.35. The monoisotopic (exact) mass is 409 g/mol. The topological polar surface area (TPSA) is 54.9 Å². The van der Waals surface area contributed by atoms with E-state index < -0.39 is 0 Å². The van der Waals surface area contributed by atoms with Crippen LogP contribution in [0.25, 0.3) is 0 Å². The van der Waals surface area contributed by atoms with Crippen molar-refractivity contribution in [1.29, 1.82) is 0 Å². The van der Waals surface area contributed by atoms with Gasteiger partial charge in [-0.3, -0.25) is 9.69 Å².